The minimum Gasteiger partial charge on any atom is -0.497 e. The first-order valence-corrected chi connectivity index (χ1v) is 4.11. The maximum Gasteiger partial charge on any atom is 0.338 e. The molecule has 0 amide bonds. The molecule has 0 aliphatic rings. The van der Waals surface area contributed by atoms with E-state index < -0.39 is 0 Å². The molecule has 0 spiro atoms. The summed E-state index contributed by atoms with van der Waals surface area (Å²) >= 11 is 0. The van der Waals surface area contributed by atoms with Gasteiger partial charge in [0.25, 0.3) is 0 Å². The third-order valence-electron chi connectivity index (χ3n) is 1.89. The molecule has 0 atom stereocenters. The molecule has 74 valence electrons. The summed E-state index contributed by atoms with van der Waals surface area (Å²) in [6.07, 6.45) is 1.60. The van der Waals surface area contributed by atoms with Gasteiger partial charge in [0, 0.05) is 0 Å². The Kier molecular flexibility index (Phi) is 3.29. The zero-order chi connectivity index (χ0) is 10.6. The third kappa shape index (κ3) is 1.93. The second-order valence-corrected chi connectivity index (χ2v) is 2.65. The first kappa shape index (κ1) is 10.3. The first-order valence-electron chi connectivity index (χ1n) is 4.11. The molecule has 0 heterocycles. The fraction of sp³-hybridized carbons (Fsp3) is 0.182. The van der Waals surface area contributed by atoms with Crippen molar-refractivity contribution in [1.29, 1.82) is 0 Å². The Balaban J connectivity index is 3.21. The van der Waals surface area contributed by atoms with Crippen molar-refractivity contribution in [2.24, 2.45) is 0 Å². The lowest BCUT2D eigenvalue weighted by Gasteiger charge is -2.06. The Bertz CT molecular complexity index is 356. The molecule has 0 aliphatic heterocycles. The van der Waals surface area contributed by atoms with Gasteiger partial charge in [0.05, 0.1) is 19.8 Å². The number of carbonyl (C=O) groups excluding carboxylic acids is 1. The minimum absolute atomic E-state index is 0.390. The fourth-order valence-corrected chi connectivity index (χ4v) is 1.13. The molecule has 0 aromatic heterocycles. The summed E-state index contributed by atoms with van der Waals surface area (Å²) in [6, 6.07) is 5.16. The molecule has 1 aromatic carbocycles. The summed E-state index contributed by atoms with van der Waals surface area (Å²) in [7, 11) is 2.89. The van der Waals surface area contributed by atoms with Gasteiger partial charge in [0.1, 0.15) is 5.75 Å². The molecule has 14 heavy (non-hydrogen) atoms. The van der Waals surface area contributed by atoms with Gasteiger partial charge < -0.3 is 9.47 Å². The van der Waals surface area contributed by atoms with E-state index in [4.69, 9.17) is 4.74 Å². The molecule has 0 fully saturated rings. The summed E-state index contributed by atoms with van der Waals surface area (Å²) in [5.41, 5.74) is 1.19. The zero-order valence-electron chi connectivity index (χ0n) is 8.24. The summed E-state index contributed by atoms with van der Waals surface area (Å²) in [5.74, 6) is 0.231. The summed E-state index contributed by atoms with van der Waals surface area (Å²) in [5, 5.41) is 0. The van der Waals surface area contributed by atoms with Gasteiger partial charge in [-0.25, -0.2) is 4.79 Å². The number of ether oxygens (including phenoxy) is 2. The van der Waals surface area contributed by atoms with Gasteiger partial charge in [-0.1, -0.05) is 18.7 Å². The number of benzene rings is 1. The van der Waals surface area contributed by atoms with Crippen LogP contribution in [0, 0.1) is 0 Å². The average molecular weight is 192 g/mol. The Labute approximate surface area is 83.0 Å². The van der Waals surface area contributed by atoms with Gasteiger partial charge in [-0.3, -0.25) is 0 Å². The molecule has 0 N–H and O–H groups in total. The fourth-order valence-electron chi connectivity index (χ4n) is 1.13. The Morgan fingerprint density at radius 2 is 2.14 bits per heavy atom. The summed E-state index contributed by atoms with van der Waals surface area (Å²) < 4.78 is 9.64. The zero-order valence-corrected chi connectivity index (χ0v) is 8.24. The summed E-state index contributed by atoms with van der Waals surface area (Å²) in [4.78, 5) is 11.3. The van der Waals surface area contributed by atoms with Crippen molar-refractivity contribution in [3.63, 3.8) is 0 Å². The lowest BCUT2D eigenvalue weighted by atomic mass is 10.1. The van der Waals surface area contributed by atoms with E-state index in [1.165, 1.54) is 7.11 Å². The molecule has 0 saturated heterocycles. The predicted molar refractivity (Wildman–Crippen MR) is 54.4 cm³/mol. The lowest BCUT2D eigenvalue weighted by Crippen LogP contribution is -2.03. The van der Waals surface area contributed by atoms with E-state index in [9.17, 15) is 4.79 Å². The van der Waals surface area contributed by atoms with Crippen molar-refractivity contribution in [2.45, 2.75) is 0 Å². The molecule has 0 bridgehead atoms. The maximum absolute atomic E-state index is 11.3. The molecule has 1 rings (SSSR count). The molecular weight excluding hydrogens is 180 g/mol. The van der Waals surface area contributed by atoms with Crippen molar-refractivity contribution in [3.8, 4) is 5.75 Å². The van der Waals surface area contributed by atoms with Gasteiger partial charge in [0.15, 0.2) is 0 Å². The van der Waals surface area contributed by atoms with E-state index in [2.05, 4.69) is 11.3 Å². The SMILES string of the molecule is C=Cc1ccc(OC)cc1C(=O)OC. The number of hydrogen-bond acceptors (Lipinski definition) is 3. The Hall–Kier alpha value is -1.77. The maximum atomic E-state index is 11.3. The topological polar surface area (TPSA) is 35.5 Å². The van der Waals surface area contributed by atoms with Crippen LogP contribution in [0.5, 0.6) is 5.75 Å². The lowest BCUT2D eigenvalue weighted by molar-refractivity contribution is 0.0600. The highest BCUT2D eigenvalue weighted by atomic mass is 16.5. The average Bonchev–Trinajstić information content (AvgIpc) is 2.27. The smallest absolute Gasteiger partial charge is 0.338 e. The van der Waals surface area contributed by atoms with Crippen LogP contribution in [0.1, 0.15) is 15.9 Å². The van der Waals surface area contributed by atoms with Crippen molar-refractivity contribution in [3.05, 3.63) is 35.9 Å². The van der Waals surface area contributed by atoms with Crippen LogP contribution in [0.15, 0.2) is 24.8 Å². The number of methoxy groups -OCH3 is 2. The van der Waals surface area contributed by atoms with Crippen molar-refractivity contribution in [2.75, 3.05) is 14.2 Å². The highest BCUT2D eigenvalue weighted by Gasteiger charge is 2.10. The number of carbonyl (C=O) groups is 1. The van der Waals surface area contributed by atoms with E-state index in [0.717, 1.165) is 5.56 Å². The van der Waals surface area contributed by atoms with Crippen LogP contribution < -0.4 is 4.74 Å². The van der Waals surface area contributed by atoms with E-state index in [1.54, 1.807) is 31.4 Å². The Morgan fingerprint density at radius 1 is 1.43 bits per heavy atom. The number of hydrogen-bond donors (Lipinski definition) is 0. The second kappa shape index (κ2) is 4.46. The van der Waals surface area contributed by atoms with Crippen molar-refractivity contribution < 1.29 is 14.3 Å². The van der Waals surface area contributed by atoms with Crippen LogP contribution in [0.25, 0.3) is 6.08 Å². The number of rotatable bonds is 3. The molecule has 1 aromatic rings. The van der Waals surface area contributed by atoms with Crippen LogP contribution in [0.4, 0.5) is 0 Å². The minimum atomic E-state index is -0.390. The van der Waals surface area contributed by atoms with Gasteiger partial charge in [-0.05, 0) is 17.7 Å². The summed E-state index contributed by atoms with van der Waals surface area (Å²) in [6.45, 7) is 3.62. The normalized spacial score (nSPS) is 9.29. The van der Waals surface area contributed by atoms with E-state index >= 15 is 0 Å². The molecule has 3 nitrogen and oxygen atoms in total. The van der Waals surface area contributed by atoms with Gasteiger partial charge in [0.2, 0.25) is 0 Å². The van der Waals surface area contributed by atoms with Crippen LogP contribution in [-0.4, -0.2) is 20.2 Å². The van der Waals surface area contributed by atoms with E-state index in [1.807, 2.05) is 0 Å². The van der Waals surface area contributed by atoms with Crippen LogP contribution in [-0.2, 0) is 4.74 Å². The number of esters is 1. The molecule has 0 aliphatic carbocycles. The quantitative estimate of drug-likeness (QED) is 0.688. The second-order valence-electron chi connectivity index (χ2n) is 2.65. The van der Waals surface area contributed by atoms with Gasteiger partial charge in [-0.2, -0.15) is 0 Å². The van der Waals surface area contributed by atoms with Crippen LogP contribution in [0.3, 0.4) is 0 Å². The predicted octanol–water partition coefficient (Wildman–Crippen LogP) is 2.12. The van der Waals surface area contributed by atoms with Gasteiger partial charge >= 0.3 is 5.97 Å². The standard InChI is InChI=1S/C11H12O3/c1-4-8-5-6-9(13-2)7-10(8)11(12)14-3/h4-7H,1H2,2-3H3. The third-order valence-corrected chi connectivity index (χ3v) is 1.89. The van der Waals surface area contributed by atoms with Crippen molar-refractivity contribution >= 4 is 12.0 Å². The first-order chi connectivity index (χ1) is 6.72. The van der Waals surface area contributed by atoms with E-state index in [-0.39, 0.29) is 5.97 Å². The largest absolute Gasteiger partial charge is 0.497 e. The highest BCUT2D eigenvalue weighted by Crippen LogP contribution is 2.19. The van der Waals surface area contributed by atoms with Crippen LogP contribution >= 0.6 is 0 Å². The van der Waals surface area contributed by atoms with Gasteiger partial charge in [-0.15, -0.1) is 0 Å². The van der Waals surface area contributed by atoms with Crippen molar-refractivity contribution in [1.82, 2.24) is 0 Å². The Morgan fingerprint density at radius 3 is 2.64 bits per heavy atom. The molecule has 3 heteroatoms. The molecular formula is C11H12O3. The van der Waals surface area contributed by atoms with Crippen LogP contribution in [0.2, 0.25) is 0 Å². The van der Waals surface area contributed by atoms with E-state index in [0.29, 0.717) is 11.3 Å². The monoisotopic (exact) mass is 192 g/mol. The molecule has 0 unspecified atom stereocenters. The highest BCUT2D eigenvalue weighted by molar-refractivity contribution is 5.93. The molecule has 0 saturated carbocycles. The molecule has 0 radical (unpaired) electrons.